The van der Waals surface area contributed by atoms with Gasteiger partial charge in [0.15, 0.2) is 0 Å². The van der Waals surface area contributed by atoms with Crippen molar-refractivity contribution in [2.75, 3.05) is 33.5 Å². The molecule has 0 saturated heterocycles. The molecule has 0 fully saturated rings. The predicted molar refractivity (Wildman–Crippen MR) is 177 cm³/mol. The summed E-state index contributed by atoms with van der Waals surface area (Å²) in [7, 11) is -2.63. The van der Waals surface area contributed by atoms with Gasteiger partial charge in [0.05, 0.1) is 49.4 Å². The Morgan fingerprint density at radius 2 is 1.86 bits per heavy atom. The van der Waals surface area contributed by atoms with Crippen LogP contribution in [-0.2, 0) is 43.9 Å². The van der Waals surface area contributed by atoms with Crippen molar-refractivity contribution in [3.63, 3.8) is 0 Å². The number of nitrogens with one attached hydrogen (secondary N) is 1. The van der Waals surface area contributed by atoms with Gasteiger partial charge < -0.3 is 29.4 Å². The number of fused-ring (bicyclic) bond motifs is 1. The first-order valence-electron chi connectivity index (χ1n) is 15.0. The quantitative estimate of drug-likeness (QED) is 0.113. The van der Waals surface area contributed by atoms with Crippen molar-refractivity contribution in [3.8, 4) is 11.5 Å². The van der Waals surface area contributed by atoms with Crippen LogP contribution in [0.25, 0.3) is 10.2 Å². The first-order valence-corrected chi connectivity index (χ1v) is 17.4. The van der Waals surface area contributed by atoms with Crippen LogP contribution in [0, 0.1) is 5.82 Å². The Balaban J connectivity index is 1.24. The van der Waals surface area contributed by atoms with Crippen LogP contribution in [0.3, 0.4) is 0 Å². The van der Waals surface area contributed by atoms with Crippen LogP contribution < -0.4 is 19.9 Å². The van der Waals surface area contributed by atoms with E-state index in [0.717, 1.165) is 22.5 Å². The summed E-state index contributed by atoms with van der Waals surface area (Å²) in [5.74, 6) is 0.201. The van der Waals surface area contributed by atoms with Crippen molar-refractivity contribution in [2.45, 2.75) is 36.1 Å². The minimum absolute atomic E-state index is 0.0108. The van der Waals surface area contributed by atoms with Gasteiger partial charge in [-0.15, -0.1) is 16.4 Å². The highest BCUT2D eigenvalue weighted by atomic mass is 32.2. The summed E-state index contributed by atoms with van der Waals surface area (Å²) in [6.45, 7) is 0.611. The second kappa shape index (κ2) is 16.7. The molecule has 0 amide bonds. The average Bonchev–Trinajstić information content (AvgIpc) is 3.75. The highest BCUT2D eigenvalue weighted by Gasteiger charge is 2.23. The maximum atomic E-state index is 13.6. The van der Waals surface area contributed by atoms with E-state index < -0.39 is 22.0 Å². The van der Waals surface area contributed by atoms with Gasteiger partial charge >= 0.3 is 5.97 Å². The van der Waals surface area contributed by atoms with E-state index >= 15 is 0 Å². The standard InChI is InChI=1S/C32H35FN6O8S2/c1-44-31(41)29(20-45-18-22-3-2-4-26(14-22)46-12-11-40)35-16-25(13-21-5-7-23(33)8-6-21)39-17-24(37-38-39)19-47-27-9-10-28-30(15-27)48-32(36-28)49(34,42)43/h2-10,14-15,17,25,29,35,40H,11-13,16,18-20H2,1H3,(H2,34,42,43)/t25-,29?/m1/s1. The first kappa shape index (κ1) is 35.8. The van der Waals surface area contributed by atoms with Crippen LogP contribution in [0.4, 0.5) is 4.39 Å². The number of thiazole rings is 1. The SMILES string of the molecule is COC(=O)C(COCc1cccc(OCCO)c1)NC[C@@H](Cc1ccc(F)cc1)n1cc(COc2ccc3nc(S(N)(=O)=O)sc3c2)nn1. The minimum Gasteiger partial charge on any atom is -0.491 e. The van der Waals surface area contributed by atoms with Crippen molar-refractivity contribution in [2.24, 2.45) is 5.14 Å². The number of primary sulfonamides is 1. The minimum atomic E-state index is -3.92. The van der Waals surface area contributed by atoms with Gasteiger partial charge in [0.25, 0.3) is 10.0 Å². The number of carbonyl (C=O) groups excluding carboxylic acids is 1. The summed E-state index contributed by atoms with van der Waals surface area (Å²) < 4.78 is 61.3. The molecule has 17 heteroatoms. The number of ether oxygens (including phenoxy) is 4. The molecule has 49 heavy (non-hydrogen) atoms. The molecule has 0 aliphatic rings. The summed E-state index contributed by atoms with van der Waals surface area (Å²) >= 11 is 0.947. The lowest BCUT2D eigenvalue weighted by molar-refractivity contribution is -0.145. The third-order valence-corrected chi connectivity index (χ3v) is 9.52. The van der Waals surface area contributed by atoms with E-state index in [-0.39, 0.29) is 55.8 Å². The van der Waals surface area contributed by atoms with Gasteiger partial charge in [-0.25, -0.2) is 27.6 Å². The van der Waals surface area contributed by atoms with Gasteiger partial charge in [0.1, 0.15) is 42.3 Å². The highest BCUT2D eigenvalue weighted by molar-refractivity contribution is 7.91. The number of aliphatic hydroxyl groups excluding tert-OH is 1. The van der Waals surface area contributed by atoms with Crippen LogP contribution in [-0.4, -0.2) is 79.0 Å². The second-order valence-electron chi connectivity index (χ2n) is 10.8. The van der Waals surface area contributed by atoms with Crippen molar-refractivity contribution in [1.29, 1.82) is 0 Å². The Labute approximate surface area is 285 Å². The van der Waals surface area contributed by atoms with E-state index in [1.807, 2.05) is 12.1 Å². The summed E-state index contributed by atoms with van der Waals surface area (Å²) in [5.41, 5.74) is 2.66. The van der Waals surface area contributed by atoms with Crippen LogP contribution >= 0.6 is 11.3 Å². The Bertz CT molecular complexity index is 1950. The summed E-state index contributed by atoms with van der Waals surface area (Å²) in [4.78, 5) is 16.7. The fourth-order valence-electron chi connectivity index (χ4n) is 4.78. The molecule has 2 heterocycles. The van der Waals surface area contributed by atoms with Gasteiger partial charge in [-0.3, -0.25) is 4.79 Å². The third-order valence-electron chi connectivity index (χ3n) is 7.18. The van der Waals surface area contributed by atoms with E-state index in [0.29, 0.717) is 33.8 Å². The van der Waals surface area contributed by atoms with Gasteiger partial charge in [-0.2, -0.15) is 0 Å². The van der Waals surface area contributed by atoms with Crippen molar-refractivity contribution < 1.29 is 41.7 Å². The maximum Gasteiger partial charge on any atom is 0.325 e. The number of sulfonamides is 1. The molecule has 2 atom stereocenters. The number of rotatable bonds is 18. The fraction of sp³-hybridized carbons (Fsp3) is 0.312. The molecule has 0 saturated carbocycles. The lowest BCUT2D eigenvalue weighted by Gasteiger charge is -2.22. The zero-order valence-electron chi connectivity index (χ0n) is 26.4. The Kier molecular flexibility index (Phi) is 12.2. The van der Waals surface area contributed by atoms with Crippen LogP contribution in [0.1, 0.15) is 22.9 Å². The van der Waals surface area contributed by atoms with E-state index in [1.54, 1.807) is 53.3 Å². The molecule has 14 nitrogen and oxygen atoms in total. The normalized spacial score (nSPS) is 12.9. The number of hydrogen-bond donors (Lipinski definition) is 3. The number of aromatic nitrogens is 4. The summed E-state index contributed by atoms with van der Waals surface area (Å²) in [6, 6.07) is 17.2. The highest BCUT2D eigenvalue weighted by Crippen LogP contribution is 2.28. The molecular formula is C32H35FN6O8S2. The molecule has 2 aromatic heterocycles. The van der Waals surface area contributed by atoms with Gasteiger partial charge in [-0.05, 0) is 60.0 Å². The van der Waals surface area contributed by atoms with Gasteiger partial charge in [0, 0.05) is 6.54 Å². The largest absolute Gasteiger partial charge is 0.491 e. The lowest BCUT2D eigenvalue weighted by atomic mass is 10.1. The topological polar surface area (TPSA) is 190 Å². The zero-order valence-corrected chi connectivity index (χ0v) is 28.0. The number of nitrogens with two attached hydrogens (primary N) is 1. The van der Waals surface area contributed by atoms with E-state index in [2.05, 4.69) is 20.6 Å². The van der Waals surface area contributed by atoms with Crippen molar-refractivity contribution in [3.05, 3.63) is 95.6 Å². The molecule has 5 aromatic rings. The summed E-state index contributed by atoms with van der Waals surface area (Å²) in [5, 5.41) is 26.0. The maximum absolute atomic E-state index is 13.6. The predicted octanol–water partition coefficient (Wildman–Crippen LogP) is 2.76. The van der Waals surface area contributed by atoms with E-state index in [4.69, 9.17) is 29.2 Å². The Hall–Kier alpha value is -4.52. The summed E-state index contributed by atoms with van der Waals surface area (Å²) in [6.07, 6.45) is 2.15. The van der Waals surface area contributed by atoms with E-state index in [1.165, 1.54) is 19.2 Å². The van der Waals surface area contributed by atoms with Gasteiger partial charge in [-0.1, -0.05) is 29.5 Å². The smallest absolute Gasteiger partial charge is 0.325 e. The molecule has 5 rings (SSSR count). The molecule has 0 spiro atoms. The number of hydrogen-bond acceptors (Lipinski definition) is 13. The number of methoxy groups -OCH3 is 1. The second-order valence-corrected chi connectivity index (χ2v) is 13.6. The number of halogens is 1. The van der Waals surface area contributed by atoms with Crippen LogP contribution in [0.5, 0.6) is 11.5 Å². The molecule has 0 bridgehead atoms. The first-order chi connectivity index (χ1) is 23.6. The molecule has 0 aliphatic heterocycles. The molecule has 0 radical (unpaired) electrons. The van der Waals surface area contributed by atoms with E-state index in [9.17, 15) is 17.6 Å². The molecular weight excluding hydrogens is 680 g/mol. The van der Waals surface area contributed by atoms with Crippen molar-refractivity contribution in [1.82, 2.24) is 25.3 Å². The number of benzene rings is 3. The number of aliphatic hydroxyl groups is 1. The molecule has 0 aliphatic carbocycles. The van der Waals surface area contributed by atoms with Crippen molar-refractivity contribution >= 4 is 37.5 Å². The Morgan fingerprint density at radius 3 is 2.61 bits per heavy atom. The number of carbonyl (C=O) groups is 1. The zero-order chi connectivity index (χ0) is 34.8. The Morgan fingerprint density at radius 1 is 1.06 bits per heavy atom. The lowest BCUT2D eigenvalue weighted by Crippen LogP contribution is -2.44. The monoisotopic (exact) mass is 714 g/mol. The molecule has 1 unspecified atom stereocenters. The average molecular weight is 715 g/mol. The number of nitrogens with zero attached hydrogens (tertiary/aromatic N) is 4. The molecule has 3 aromatic carbocycles. The van der Waals surface area contributed by atoms with Gasteiger partial charge in [0.2, 0.25) is 4.34 Å². The molecule has 260 valence electrons. The van der Waals surface area contributed by atoms with Crippen LogP contribution in [0.2, 0.25) is 0 Å². The van der Waals surface area contributed by atoms with Crippen LogP contribution in [0.15, 0.2) is 77.3 Å². The molecule has 4 N–H and O–H groups in total. The number of esters is 1. The fourth-order valence-corrected chi connectivity index (χ4v) is 6.46. The third kappa shape index (κ3) is 10.2.